The van der Waals surface area contributed by atoms with E-state index in [4.69, 9.17) is 5.73 Å². The highest BCUT2D eigenvalue weighted by Gasteiger charge is 2.25. The molecule has 0 bridgehead atoms. The first-order valence-electron chi connectivity index (χ1n) is 4.71. The summed E-state index contributed by atoms with van der Waals surface area (Å²) in [7, 11) is 0. The minimum Gasteiger partial charge on any atom is -0.321 e. The normalized spacial score (nSPS) is 16.8. The number of aryl methyl sites for hydroxylation is 1. The summed E-state index contributed by atoms with van der Waals surface area (Å²) in [5.74, 6) is 0.0521. The van der Waals surface area contributed by atoms with Crippen LogP contribution in [0.3, 0.4) is 0 Å². The molecular weight excluding hydrogens is 262 g/mol. The molecule has 0 saturated heterocycles. The maximum Gasteiger partial charge on any atom is 0.190 e. The van der Waals surface area contributed by atoms with Crippen LogP contribution in [0.25, 0.3) is 0 Å². The lowest BCUT2D eigenvalue weighted by atomic mass is 10.1. The zero-order valence-corrected chi connectivity index (χ0v) is 10.4. The van der Waals surface area contributed by atoms with E-state index in [0.29, 0.717) is 0 Å². The van der Waals surface area contributed by atoms with E-state index in [1.54, 1.807) is 18.3 Å². The Morgan fingerprint density at radius 2 is 2.29 bits per heavy atom. The number of fused-ring (bicyclic) bond motifs is 1. The molecule has 0 aromatic carbocycles. The molecule has 0 saturated carbocycles. The summed E-state index contributed by atoms with van der Waals surface area (Å²) in [6.07, 6.45) is 3.43. The molecule has 0 aliphatic heterocycles. The molecule has 2 nitrogen and oxygen atoms in total. The van der Waals surface area contributed by atoms with Crippen LogP contribution in [0.4, 0.5) is 0 Å². The highest BCUT2D eigenvalue weighted by atomic mass is 79.9. The summed E-state index contributed by atoms with van der Waals surface area (Å²) in [4.78, 5) is 13.9. The Bertz CT molecular complexity index is 384. The van der Waals surface area contributed by atoms with Gasteiger partial charge in [-0.1, -0.05) is 0 Å². The van der Waals surface area contributed by atoms with Crippen LogP contribution in [-0.4, -0.2) is 11.8 Å². The number of Topliss-reactive ketones (excluding diaryl/α,β-unsaturated/α-hetero) is 1. The van der Waals surface area contributed by atoms with Gasteiger partial charge < -0.3 is 5.73 Å². The van der Waals surface area contributed by atoms with E-state index in [1.165, 1.54) is 16.9 Å². The zero-order valence-electron chi connectivity index (χ0n) is 7.97. The van der Waals surface area contributed by atoms with Crippen molar-refractivity contribution >= 4 is 33.0 Å². The fraction of sp³-hybridized carbons (Fsp3) is 0.500. The molecule has 4 heteroatoms. The van der Waals surface area contributed by atoms with Crippen molar-refractivity contribution in [1.29, 1.82) is 0 Å². The molecule has 1 aromatic heterocycles. The van der Waals surface area contributed by atoms with Crippen molar-refractivity contribution in [3.63, 3.8) is 0 Å². The molecule has 0 spiro atoms. The van der Waals surface area contributed by atoms with Crippen LogP contribution in [0.15, 0.2) is 4.47 Å². The Morgan fingerprint density at radius 3 is 2.86 bits per heavy atom. The van der Waals surface area contributed by atoms with Crippen LogP contribution in [-0.2, 0) is 12.8 Å². The smallest absolute Gasteiger partial charge is 0.190 e. The Labute approximate surface area is 95.6 Å². The topological polar surface area (TPSA) is 43.1 Å². The Morgan fingerprint density at radius 1 is 1.57 bits per heavy atom. The Kier molecular flexibility index (Phi) is 2.77. The molecule has 1 aromatic rings. The first-order valence-corrected chi connectivity index (χ1v) is 6.32. The van der Waals surface area contributed by atoms with Gasteiger partial charge in [0.15, 0.2) is 5.78 Å². The van der Waals surface area contributed by atoms with Crippen LogP contribution < -0.4 is 5.73 Å². The number of carbonyl (C=O) groups is 1. The summed E-state index contributed by atoms with van der Waals surface area (Å²) < 4.78 is 0.998. The molecule has 1 unspecified atom stereocenters. The summed E-state index contributed by atoms with van der Waals surface area (Å²) in [5, 5.41) is 0. The molecule has 14 heavy (non-hydrogen) atoms. The van der Waals surface area contributed by atoms with Crippen LogP contribution in [0.5, 0.6) is 0 Å². The van der Waals surface area contributed by atoms with Gasteiger partial charge in [-0.05, 0) is 47.7 Å². The molecule has 2 N–H and O–H groups in total. The largest absolute Gasteiger partial charge is 0.321 e. The van der Waals surface area contributed by atoms with Crippen molar-refractivity contribution in [1.82, 2.24) is 0 Å². The summed E-state index contributed by atoms with van der Waals surface area (Å²) in [6.45, 7) is 1.74. The third-order valence-corrected chi connectivity index (χ3v) is 4.94. The third kappa shape index (κ3) is 1.55. The molecule has 1 aliphatic carbocycles. The number of nitrogens with two attached hydrogens (primary N) is 1. The molecule has 1 heterocycles. The van der Waals surface area contributed by atoms with E-state index in [9.17, 15) is 4.79 Å². The number of rotatable bonds is 2. The summed E-state index contributed by atoms with van der Waals surface area (Å²) in [6, 6.07) is -0.398. The Balaban J connectivity index is 2.41. The van der Waals surface area contributed by atoms with Gasteiger partial charge in [0.25, 0.3) is 0 Å². The first-order chi connectivity index (χ1) is 6.61. The highest BCUT2D eigenvalue weighted by molar-refractivity contribution is 9.10. The lowest BCUT2D eigenvalue weighted by Gasteiger charge is -2.02. The van der Waals surface area contributed by atoms with Gasteiger partial charge in [-0.25, -0.2) is 0 Å². The van der Waals surface area contributed by atoms with Crippen molar-refractivity contribution in [2.45, 2.75) is 32.2 Å². The summed E-state index contributed by atoms with van der Waals surface area (Å²) in [5.41, 5.74) is 6.92. The number of ketones is 1. The van der Waals surface area contributed by atoms with Crippen molar-refractivity contribution in [3.8, 4) is 0 Å². The zero-order chi connectivity index (χ0) is 10.3. The molecule has 2 rings (SSSR count). The predicted molar refractivity (Wildman–Crippen MR) is 62.0 cm³/mol. The second-order valence-corrected chi connectivity index (χ2v) is 5.55. The van der Waals surface area contributed by atoms with Crippen molar-refractivity contribution < 1.29 is 4.79 Å². The monoisotopic (exact) mass is 273 g/mol. The van der Waals surface area contributed by atoms with Gasteiger partial charge in [-0.2, -0.15) is 0 Å². The molecular formula is C10H12BrNOS. The minimum atomic E-state index is -0.398. The number of hydrogen-bond acceptors (Lipinski definition) is 3. The average Bonchev–Trinajstić information content (AvgIpc) is 2.68. The summed E-state index contributed by atoms with van der Waals surface area (Å²) >= 11 is 5.11. The van der Waals surface area contributed by atoms with E-state index >= 15 is 0 Å². The number of hydrogen-bond donors (Lipinski definition) is 1. The first kappa shape index (κ1) is 10.3. The van der Waals surface area contributed by atoms with Crippen LogP contribution in [0, 0.1) is 0 Å². The molecule has 0 amide bonds. The van der Waals surface area contributed by atoms with Gasteiger partial charge in [0, 0.05) is 9.35 Å². The molecule has 0 fully saturated rings. The van der Waals surface area contributed by atoms with E-state index in [-0.39, 0.29) is 5.78 Å². The maximum absolute atomic E-state index is 11.7. The van der Waals surface area contributed by atoms with E-state index in [0.717, 1.165) is 22.2 Å². The number of thiophene rings is 1. The second-order valence-electron chi connectivity index (χ2n) is 3.65. The van der Waals surface area contributed by atoms with Crippen LogP contribution in [0.2, 0.25) is 0 Å². The molecule has 1 aliphatic rings. The van der Waals surface area contributed by atoms with Gasteiger partial charge in [0.1, 0.15) is 0 Å². The van der Waals surface area contributed by atoms with E-state index in [1.807, 2.05) is 0 Å². The fourth-order valence-corrected chi connectivity index (χ4v) is 4.06. The predicted octanol–water partition coefficient (Wildman–Crippen LogP) is 2.53. The SMILES string of the molecule is CC(N)C(=O)c1sc2c(c1Br)CCC2. The van der Waals surface area contributed by atoms with Crippen LogP contribution >= 0.6 is 27.3 Å². The van der Waals surface area contributed by atoms with Gasteiger partial charge in [-0.15, -0.1) is 11.3 Å². The minimum absolute atomic E-state index is 0.0521. The van der Waals surface area contributed by atoms with Gasteiger partial charge in [0.2, 0.25) is 0 Å². The number of carbonyl (C=O) groups excluding carboxylic acids is 1. The third-order valence-electron chi connectivity index (χ3n) is 2.49. The van der Waals surface area contributed by atoms with Gasteiger partial charge in [-0.3, -0.25) is 4.79 Å². The van der Waals surface area contributed by atoms with Crippen molar-refractivity contribution in [2.24, 2.45) is 5.73 Å². The van der Waals surface area contributed by atoms with E-state index in [2.05, 4.69) is 15.9 Å². The van der Waals surface area contributed by atoms with Gasteiger partial charge in [0.05, 0.1) is 10.9 Å². The van der Waals surface area contributed by atoms with E-state index < -0.39 is 6.04 Å². The molecule has 1 atom stereocenters. The number of halogens is 1. The van der Waals surface area contributed by atoms with Gasteiger partial charge >= 0.3 is 0 Å². The average molecular weight is 274 g/mol. The van der Waals surface area contributed by atoms with Crippen molar-refractivity contribution in [2.75, 3.05) is 0 Å². The quantitative estimate of drug-likeness (QED) is 0.842. The van der Waals surface area contributed by atoms with Crippen molar-refractivity contribution in [3.05, 3.63) is 19.8 Å². The van der Waals surface area contributed by atoms with Crippen LogP contribution in [0.1, 0.15) is 33.5 Å². The fourth-order valence-electron chi connectivity index (χ4n) is 1.73. The highest BCUT2D eigenvalue weighted by Crippen LogP contribution is 2.39. The Hall–Kier alpha value is -0.190. The second kappa shape index (κ2) is 3.76. The maximum atomic E-state index is 11.7. The lowest BCUT2D eigenvalue weighted by Crippen LogP contribution is -2.26. The molecule has 0 radical (unpaired) electrons. The standard InChI is InChI=1S/C10H12BrNOS/c1-5(12)9(13)10-8(11)6-3-2-4-7(6)14-10/h5H,2-4,12H2,1H3. The molecule has 76 valence electrons. The lowest BCUT2D eigenvalue weighted by molar-refractivity contribution is 0.0971.